The molecule has 1 rings (SSSR count). The Bertz CT molecular complexity index is 139. The van der Waals surface area contributed by atoms with Gasteiger partial charge >= 0.3 is 0 Å². The first-order valence-corrected chi connectivity index (χ1v) is 6.09. The molecule has 0 aromatic heterocycles. The second kappa shape index (κ2) is 6.41. The molecule has 1 aliphatic heterocycles. The Hall–Kier alpha value is -0.0800. The standard InChI is InChI=1S/C12H25NO/c1-4-5-10-14-12-6-8-13(9-7-12)11(2)3/h11-12H,4-10H2,1-3H3. The zero-order valence-corrected chi connectivity index (χ0v) is 9.96. The quantitative estimate of drug-likeness (QED) is 0.631. The van der Waals surface area contributed by atoms with Gasteiger partial charge in [-0.25, -0.2) is 0 Å². The third kappa shape index (κ3) is 3.97. The number of hydrogen-bond donors (Lipinski definition) is 0. The third-order valence-corrected chi connectivity index (χ3v) is 3.06. The maximum Gasteiger partial charge on any atom is 0.0599 e. The number of likely N-dealkylation sites (tertiary alicyclic amines) is 1. The van der Waals surface area contributed by atoms with Crippen LogP contribution in [0.4, 0.5) is 0 Å². The van der Waals surface area contributed by atoms with E-state index >= 15 is 0 Å². The van der Waals surface area contributed by atoms with E-state index in [0.29, 0.717) is 12.1 Å². The highest BCUT2D eigenvalue weighted by molar-refractivity contribution is 4.74. The molecule has 1 saturated heterocycles. The van der Waals surface area contributed by atoms with Crippen LogP contribution in [-0.2, 0) is 4.74 Å². The van der Waals surface area contributed by atoms with Gasteiger partial charge in [-0.1, -0.05) is 13.3 Å². The first-order chi connectivity index (χ1) is 6.74. The van der Waals surface area contributed by atoms with Crippen LogP contribution in [0.25, 0.3) is 0 Å². The molecule has 0 radical (unpaired) electrons. The van der Waals surface area contributed by atoms with Crippen molar-refractivity contribution in [2.45, 2.75) is 58.6 Å². The first kappa shape index (κ1) is 12.0. The van der Waals surface area contributed by atoms with E-state index in [1.54, 1.807) is 0 Å². The zero-order valence-electron chi connectivity index (χ0n) is 9.96. The van der Waals surface area contributed by atoms with Crippen LogP contribution in [-0.4, -0.2) is 36.7 Å². The summed E-state index contributed by atoms with van der Waals surface area (Å²) in [6.45, 7) is 10.2. The molecular weight excluding hydrogens is 174 g/mol. The number of rotatable bonds is 5. The minimum Gasteiger partial charge on any atom is -0.378 e. The molecule has 0 unspecified atom stereocenters. The zero-order chi connectivity index (χ0) is 10.4. The topological polar surface area (TPSA) is 12.5 Å². The van der Waals surface area contributed by atoms with Gasteiger partial charge in [0.25, 0.3) is 0 Å². The van der Waals surface area contributed by atoms with Gasteiger partial charge in [0.1, 0.15) is 0 Å². The molecule has 0 spiro atoms. The Balaban J connectivity index is 2.09. The number of piperidine rings is 1. The van der Waals surface area contributed by atoms with Crippen LogP contribution in [0.2, 0.25) is 0 Å². The van der Waals surface area contributed by atoms with Gasteiger partial charge in [0.05, 0.1) is 6.10 Å². The van der Waals surface area contributed by atoms with E-state index in [0.717, 1.165) is 6.61 Å². The van der Waals surface area contributed by atoms with Crippen LogP contribution in [0.5, 0.6) is 0 Å². The lowest BCUT2D eigenvalue weighted by atomic mass is 10.1. The molecule has 1 aliphatic rings. The molecule has 2 nitrogen and oxygen atoms in total. The van der Waals surface area contributed by atoms with Crippen molar-refractivity contribution in [3.05, 3.63) is 0 Å². The highest BCUT2D eigenvalue weighted by Crippen LogP contribution is 2.15. The van der Waals surface area contributed by atoms with Gasteiger partial charge < -0.3 is 9.64 Å². The molecule has 2 heteroatoms. The van der Waals surface area contributed by atoms with Gasteiger partial charge in [0.15, 0.2) is 0 Å². The van der Waals surface area contributed by atoms with E-state index < -0.39 is 0 Å². The summed E-state index contributed by atoms with van der Waals surface area (Å²) < 4.78 is 5.82. The summed E-state index contributed by atoms with van der Waals surface area (Å²) in [6.07, 6.45) is 5.44. The number of unbranched alkanes of at least 4 members (excludes halogenated alkanes) is 1. The summed E-state index contributed by atoms with van der Waals surface area (Å²) in [5.74, 6) is 0. The smallest absolute Gasteiger partial charge is 0.0599 e. The molecule has 0 aromatic carbocycles. The molecule has 0 saturated carbocycles. The van der Waals surface area contributed by atoms with Crippen molar-refractivity contribution in [1.82, 2.24) is 4.90 Å². The predicted molar refractivity (Wildman–Crippen MR) is 60.6 cm³/mol. The molecule has 0 aromatic rings. The summed E-state index contributed by atoms with van der Waals surface area (Å²) in [5.41, 5.74) is 0. The highest BCUT2D eigenvalue weighted by atomic mass is 16.5. The Morgan fingerprint density at radius 1 is 1.29 bits per heavy atom. The van der Waals surface area contributed by atoms with E-state index in [1.165, 1.54) is 38.8 Å². The fraction of sp³-hybridized carbons (Fsp3) is 1.00. The minimum atomic E-state index is 0.538. The van der Waals surface area contributed by atoms with Crippen LogP contribution in [0.15, 0.2) is 0 Å². The maximum absolute atomic E-state index is 5.82. The maximum atomic E-state index is 5.82. The molecular formula is C12H25NO. The number of ether oxygens (including phenoxy) is 1. The van der Waals surface area contributed by atoms with Crippen molar-refractivity contribution in [1.29, 1.82) is 0 Å². The van der Waals surface area contributed by atoms with Crippen molar-refractivity contribution in [2.75, 3.05) is 19.7 Å². The van der Waals surface area contributed by atoms with Crippen LogP contribution in [0.3, 0.4) is 0 Å². The first-order valence-electron chi connectivity index (χ1n) is 6.09. The fourth-order valence-corrected chi connectivity index (χ4v) is 1.95. The normalized spacial score (nSPS) is 20.6. The second-order valence-electron chi connectivity index (χ2n) is 4.55. The van der Waals surface area contributed by atoms with Gasteiger partial charge in [-0.2, -0.15) is 0 Å². The van der Waals surface area contributed by atoms with Crippen molar-refractivity contribution in [3.63, 3.8) is 0 Å². The van der Waals surface area contributed by atoms with E-state index in [1.807, 2.05) is 0 Å². The van der Waals surface area contributed by atoms with Crippen molar-refractivity contribution >= 4 is 0 Å². The van der Waals surface area contributed by atoms with Gasteiger partial charge in [-0.05, 0) is 33.1 Å². The van der Waals surface area contributed by atoms with E-state index in [-0.39, 0.29) is 0 Å². The Labute approximate surface area is 88.6 Å². The molecule has 84 valence electrons. The van der Waals surface area contributed by atoms with Crippen molar-refractivity contribution in [2.24, 2.45) is 0 Å². The molecule has 14 heavy (non-hydrogen) atoms. The largest absolute Gasteiger partial charge is 0.378 e. The summed E-state index contributed by atoms with van der Waals surface area (Å²) in [4.78, 5) is 2.54. The summed E-state index contributed by atoms with van der Waals surface area (Å²) in [7, 11) is 0. The fourth-order valence-electron chi connectivity index (χ4n) is 1.95. The molecule has 0 atom stereocenters. The van der Waals surface area contributed by atoms with Gasteiger partial charge in [0.2, 0.25) is 0 Å². The Morgan fingerprint density at radius 2 is 1.93 bits per heavy atom. The van der Waals surface area contributed by atoms with Crippen LogP contribution in [0, 0.1) is 0 Å². The lowest BCUT2D eigenvalue weighted by molar-refractivity contribution is 0.000331. The van der Waals surface area contributed by atoms with Crippen LogP contribution >= 0.6 is 0 Å². The molecule has 0 amide bonds. The lowest BCUT2D eigenvalue weighted by Gasteiger charge is -2.34. The SMILES string of the molecule is CCCCOC1CCN(C(C)C)CC1. The van der Waals surface area contributed by atoms with E-state index in [2.05, 4.69) is 25.7 Å². The van der Waals surface area contributed by atoms with E-state index in [4.69, 9.17) is 4.74 Å². The molecule has 1 fully saturated rings. The average molecular weight is 199 g/mol. The Kier molecular flexibility index (Phi) is 5.49. The monoisotopic (exact) mass is 199 g/mol. The summed E-state index contributed by atoms with van der Waals surface area (Å²) in [5, 5.41) is 0. The summed E-state index contributed by atoms with van der Waals surface area (Å²) in [6, 6.07) is 0.701. The molecule has 0 N–H and O–H groups in total. The number of nitrogens with zero attached hydrogens (tertiary/aromatic N) is 1. The molecule has 1 heterocycles. The predicted octanol–water partition coefficient (Wildman–Crippen LogP) is 2.68. The van der Waals surface area contributed by atoms with Gasteiger partial charge in [-0.15, -0.1) is 0 Å². The highest BCUT2D eigenvalue weighted by Gasteiger charge is 2.20. The Morgan fingerprint density at radius 3 is 2.43 bits per heavy atom. The second-order valence-corrected chi connectivity index (χ2v) is 4.55. The van der Waals surface area contributed by atoms with Gasteiger partial charge in [0, 0.05) is 25.7 Å². The summed E-state index contributed by atoms with van der Waals surface area (Å²) >= 11 is 0. The van der Waals surface area contributed by atoms with Crippen LogP contribution < -0.4 is 0 Å². The third-order valence-electron chi connectivity index (χ3n) is 3.06. The van der Waals surface area contributed by atoms with Gasteiger partial charge in [-0.3, -0.25) is 0 Å². The van der Waals surface area contributed by atoms with Crippen molar-refractivity contribution in [3.8, 4) is 0 Å². The minimum absolute atomic E-state index is 0.538. The average Bonchev–Trinajstić information content (AvgIpc) is 2.19. The number of hydrogen-bond acceptors (Lipinski definition) is 2. The molecule has 0 aliphatic carbocycles. The van der Waals surface area contributed by atoms with Crippen LogP contribution in [0.1, 0.15) is 46.5 Å². The molecule has 0 bridgehead atoms. The van der Waals surface area contributed by atoms with E-state index in [9.17, 15) is 0 Å². The lowest BCUT2D eigenvalue weighted by Crippen LogP contribution is -2.40. The van der Waals surface area contributed by atoms with Crippen molar-refractivity contribution < 1.29 is 4.74 Å².